The average Bonchev–Trinajstić information content (AvgIpc) is 2.91. The van der Waals surface area contributed by atoms with Crippen molar-refractivity contribution in [1.29, 1.82) is 0 Å². The fraction of sp³-hybridized carbons (Fsp3) is 0.600. The molecule has 1 heterocycles. The molecule has 1 aliphatic rings. The van der Waals surface area contributed by atoms with Crippen molar-refractivity contribution in [2.24, 2.45) is 11.7 Å². The van der Waals surface area contributed by atoms with E-state index in [0.29, 0.717) is 18.1 Å². The summed E-state index contributed by atoms with van der Waals surface area (Å²) in [6, 6.07) is 0. The first kappa shape index (κ1) is 15.0. The van der Waals surface area contributed by atoms with Gasteiger partial charge < -0.3 is 11.1 Å². The quantitative estimate of drug-likeness (QED) is 0.838. The Balaban J connectivity index is 1.74. The van der Waals surface area contributed by atoms with Crippen LogP contribution in [0, 0.1) is 17.8 Å². The standard InChI is InChI=1S/C15H21N3OS/c16-10-4-7-13-11-17-15(20-13)18-14(19)9-8-12-5-2-1-3-6-12/h11-12H,1-3,5-6,8-10,16H2,(H,17,18,19). The molecule has 1 saturated carbocycles. The van der Waals surface area contributed by atoms with Gasteiger partial charge in [-0.05, 0) is 12.3 Å². The van der Waals surface area contributed by atoms with Crippen LogP contribution in [0.15, 0.2) is 6.20 Å². The Bertz CT molecular complexity index is 495. The summed E-state index contributed by atoms with van der Waals surface area (Å²) in [6.07, 6.45) is 9.82. The topological polar surface area (TPSA) is 68.0 Å². The van der Waals surface area contributed by atoms with Gasteiger partial charge in [-0.2, -0.15) is 0 Å². The van der Waals surface area contributed by atoms with Gasteiger partial charge in [-0.1, -0.05) is 55.3 Å². The summed E-state index contributed by atoms with van der Waals surface area (Å²) >= 11 is 1.39. The maximum atomic E-state index is 11.9. The van der Waals surface area contributed by atoms with Crippen LogP contribution >= 0.6 is 11.3 Å². The lowest BCUT2D eigenvalue weighted by Crippen LogP contribution is -2.14. The molecule has 3 N–H and O–H groups in total. The third-order valence-corrected chi connectivity index (χ3v) is 4.40. The molecular weight excluding hydrogens is 270 g/mol. The average molecular weight is 291 g/mol. The van der Waals surface area contributed by atoms with Crippen LogP contribution in [0.1, 0.15) is 49.8 Å². The number of carbonyl (C=O) groups is 1. The Morgan fingerprint density at radius 2 is 2.25 bits per heavy atom. The molecule has 1 aromatic heterocycles. The van der Waals surface area contributed by atoms with E-state index < -0.39 is 0 Å². The van der Waals surface area contributed by atoms with Crippen LogP contribution in [0.25, 0.3) is 0 Å². The van der Waals surface area contributed by atoms with Crippen molar-refractivity contribution < 1.29 is 4.79 Å². The Morgan fingerprint density at radius 3 is 3.00 bits per heavy atom. The Hall–Kier alpha value is -1.38. The molecule has 0 radical (unpaired) electrons. The first-order valence-corrected chi connectivity index (χ1v) is 8.04. The minimum atomic E-state index is 0.0586. The first-order valence-electron chi connectivity index (χ1n) is 7.22. The van der Waals surface area contributed by atoms with Crippen LogP contribution in [0.2, 0.25) is 0 Å². The highest BCUT2D eigenvalue weighted by Crippen LogP contribution is 2.27. The van der Waals surface area contributed by atoms with Crippen molar-refractivity contribution >= 4 is 22.4 Å². The molecule has 1 aromatic rings. The molecule has 0 saturated heterocycles. The summed E-state index contributed by atoms with van der Waals surface area (Å²) < 4.78 is 0. The van der Waals surface area contributed by atoms with Crippen LogP contribution in [-0.2, 0) is 4.79 Å². The number of nitrogens with zero attached hydrogens (tertiary/aromatic N) is 1. The molecule has 108 valence electrons. The van der Waals surface area contributed by atoms with E-state index in [1.54, 1.807) is 6.20 Å². The number of hydrogen-bond acceptors (Lipinski definition) is 4. The largest absolute Gasteiger partial charge is 0.320 e. The maximum absolute atomic E-state index is 11.9. The number of hydrogen-bond donors (Lipinski definition) is 2. The van der Waals surface area contributed by atoms with E-state index in [9.17, 15) is 4.79 Å². The monoisotopic (exact) mass is 291 g/mol. The van der Waals surface area contributed by atoms with Crippen molar-refractivity contribution in [3.63, 3.8) is 0 Å². The van der Waals surface area contributed by atoms with Crippen LogP contribution in [0.4, 0.5) is 5.13 Å². The van der Waals surface area contributed by atoms with E-state index in [4.69, 9.17) is 5.73 Å². The van der Waals surface area contributed by atoms with E-state index >= 15 is 0 Å². The summed E-state index contributed by atoms with van der Waals surface area (Å²) in [7, 11) is 0. The molecule has 0 aromatic carbocycles. The smallest absolute Gasteiger partial charge is 0.226 e. The van der Waals surface area contributed by atoms with Crippen LogP contribution in [0.5, 0.6) is 0 Å². The lowest BCUT2D eigenvalue weighted by Gasteiger charge is -2.20. The highest BCUT2D eigenvalue weighted by atomic mass is 32.1. The molecule has 1 aliphatic carbocycles. The number of rotatable bonds is 4. The molecule has 0 aliphatic heterocycles. The zero-order valence-corrected chi connectivity index (χ0v) is 12.5. The normalized spacial score (nSPS) is 15.4. The van der Waals surface area contributed by atoms with Gasteiger partial charge in [0, 0.05) is 6.42 Å². The van der Waals surface area contributed by atoms with Crippen molar-refractivity contribution in [3.05, 3.63) is 11.1 Å². The molecule has 0 unspecified atom stereocenters. The second-order valence-electron chi connectivity index (χ2n) is 5.13. The van der Waals surface area contributed by atoms with E-state index in [0.717, 1.165) is 17.2 Å². The summed E-state index contributed by atoms with van der Waals surface area (Å²) in [5, 5.41) is 3.47. The summed E-state index contributed by atoms with van der Waals surface area (Å²) in [5.74, 6) is 6.48. The highest BCUT2D eigenvalue weighted by Gasteiger charge is 2.15. The molecule has 2 rings (SSSR count). The number of amides is 1. The Kier molecular flexibility index (Phi) is 6.03. The van der Waals surface area contributed by atoms with Crippen molar-refractivity contribution in [3.8, 4) is 11.8 Å². The fourth-order valence-electron chi connectivity index (χ4n) is 2.52. The van der Waals surface area contributed by atoms with Crippen LogP contribution in [0.3, 0.4) is 0 Å². The fourth-order valence-corrected chi connectivity index (χ4v) is 3.23. The van der Waals surface area contributed by atoms with Crippen LogP contribution in [-0.4, -0.2) is 17.4 Å². The first-order chi connectivity index (χ1) is 9.78. The van der Waals surface area contributed by atoms with Gasteiger partial charge in [0.05, 0.1) is 17.6 Å². The number of nitrogens with one attached hydrogen (secondary N) is 1. The minimum Gasteiger partial charge on any atom is -0.320 e. The minimum absolute atomic E-state index is 0.0586. The molecule has 0 spiro atoms. The molecule has 1 fully saturated rings. The van der Waals surface area contributed by atoms with Gasteiger partial charge in [0.15, 0.2) is 5.13 Å². The zero-order chi connectivity index (χ0) is 14.2. The van der Waals surface area contributed by atoms with Crippen molar-refractivity contribution in [1.82, 2.24) is 4.98 Å². The van der Waals surface area contributed by atoms with Crippen LogP contribution < -0.4 is 11.1 Å². The van der Waals surface area contributed by atoms with Gasteiger partial charge >= 0.3 is 0 Å². The van der Waals surface area contributed by atoms with Crippen molar-refractivity contribution in [2.75, 3.05) is 11.9 Å². The predicted molar refractivity (Wildman–Crippen MR) is 82.5 cm³/mol. The van der Waals surface area contributed by atoms with Gasteiger partial charge in [-0.15, -0.1) is 0 Å². The van der Waals surface area contributed by atoms with Gasteiger partial charge in [-0.25, -0.2) is 4.98 Å². The summed E-state index contributed by atoms with van der Waals surface area (Å²) in [5.41, 5.74) is 5.32. The SMILES string of the molecule is NCC#Cc1cnc(NC(=O)CCC2CCCCC2)s1. The van der Waals surface area contributed by atoms with E-state index in [2.05, 4.69) is 22.1 Å². The highest BCUT2D eigenvalue weighted by molar-refractivity contribution is 7.16. The summed E-state index contributed by atoms with van der Waals surface area (Å²) in [4.78, 5) is 16.9. The lowest BCUT2D eigenvalue weighted by molar-refractivity contribution is -0.116. The number of aromatic nitrogens is 1. The molecule has 1 amide bonds. The number of anilines is 1. The van der Waals surface area contributed by atoms with E-state index in [1.165, 1.54) is 43.4 Å². The number of carbonyl (C=O) groups excluding carboxylic acids is 1. The lowest BCUT2D eigenvalue weighted by atomic mass is 9.86. The van der Waals surface area contributed by atoms with E-state index in [1.807, 2.05) is 0 Å². The van der Waals surface area contributed by atoms with E-state index in [-0.39, 0.29) is 5.91 Å². The van der Waals surface area contributed by atoms with Gasteiger partial charge in [0.25, 0.3) is 0 Å². The Morgan fingerprint density at radius 1 is 1.45 bits per heavy atom. The molecule has 20 heavy (non-hydrogen) atoms. The second kappa shape index (κ2) is 8.03. The predicted octanol–water partition coefficient (Wildman–Crippen LogP) is 2.75. The Labute approximate surface area is 124 Å². The van der Waals surface area contributed by atoms with Gasteiger partial charge in [0.2, 0.25) is 5.91 Å². The van der Waals surface area contributed by atoms with Crippen molar-refractivity contribution in [2.45, 2.75) is 44.9 Å². The van der Waals surface area contributed by atoms with Gasteiger partial charge in [0.1, 0.15) is 0 Å². The second-order valence-corrected chi connectivity index (χ2v) is 6.16. The third kappa shape index (κ3) is 4.95. The molecule has 0 bridgehead atoms. The molecule has 4 nitrogen and oxygen atoms in total. The third-order valence-electron chi connectivity index (χ3n) is 3.57. The number of thiazole rings is 1. The molecule has 5 heteroatoms. The zero-order valence-electron chi connectivity index (χ0n) is 11.7. The molecule has 0 atom stereocenters. The maximum Gasteiger partial charge on any atom is 0.226 e. The van der Waals surface area contributed by atoms with Gasteiger partial charge in [-0.3, -0.25) is 4.79 Å². The molecular formula is C15H21N3OS. The summed E-state index contributed by atoms with van der Waals surface area (Å²) in [6.45, 7) is 0.334. The number of nitrogens with two attached hydrogens (primary N) is 1.